The number of carboxylic acids is 1. The van der Waals surface area contributed by atoms with Gasteiger partial charge in [0.2, 0.25) is 5.91 Å². The van der Waals surface area contributed by atoms with Crippen LogP contribution in [0.2, 0.25) is 0 Å². The summed E-state index contributed by atoms with van der Waals surface area (Å²) in [5.41, 5.74) is 2.44. The number of hydrogen-bond donors (Lipinski definition) is 1. The molecule has 2 aromatic rings. The van der Waals surface area contributed by atoms with Crippen LogP contribution in [-0.2, 0) is 22.4 Å². The summed E-state index contributed by atoms with van der Waals surface area (Å²) in [5, 5.41) is 9.94. The number of hydrogen-bond acceptors (Lipinski definition) is 5. The van der Waals surface area contributed by atoms with Crippen molar-refractivity contribution >= 4 is 11.9 Å². The normalized spacial score (nSPS) is 18.8. The Morgan fingerprint density at radius 1 is 1.23 bits per heavy atom. The minimum atomic E-state index is -1.05. The van der Waals surface area contributed by atoms with Crippen molar-refractivity contribution in [1.29, 1.82) is 0 Å². The van der Waals surface area contributed by atoms with Gasteiger partial charge >= 0.3 is 5.97 Å². The molecule has 1 unspecified atom stereocenters. The molecule has 1 aromatic carbocycles. The number of carboxylic acid groups (broad SMARTS) is 1. The molecule has 1 saturated carbocycles. The van der Waals surface area contributed by atoms with Crippen LogP contribution >= 0.6 is 0 Å². The highest BCUT2D eigenvalue weighted by atomic mass is 16.5. The first-order valence-electron chi connectivity index (χ1n) is 12.5. The number of oxazole rings is 1. The lowest BCUT2D eigenvalue weighted by Crippen LogP contribution is -2.42. The third kappa shape index (κ3) is 5.84. The van der Waals surface area contributed by atoms with E-state index in [-0.39, 0.29) is 5.91 Å². The number of aryl methyl sites for hydroxylation is 1. The average molecular weight is 479 g/mol. The van der Waals surface area contributed by atoms with Crippen molar-refractivity contribution in [1.82, 2.24) is 9.88 Å². The van der Waals surface area contributed by atoms with Gasteiger partial charge in [-0.3, -0.25) is 4.79 Å². The smallest absolute Gasteiger partial charge is 0.331 e. The molecule has 1 aromatic heterocycles. The van der Waals surface area contributed by atoms with Gasteiger partial charge in [0.1, 0.15) is 11.5 Å². The maximum atomic E-state index is 12.7. The van der Waals surface area contributed by atoms with Gasteiger partial charge in [0.05, 0.1) is 12.3 Å². The van der Waals surface area contributed by atoms with Crippen LogP contribution in [0.3, 0.4) is 0 Å². The maximum Gasteiger partial charge on any atom is 0.331 e. The van der Waals surface area contributed by atoms with Crippen molar-refractivity contribution in [3.05, 3.63) is 71.0 Å². The van der Waals surface area contributed by atoms with E-state index in [9.17, 15) is 14.7 Å². The minimum absolute atomic E-state index is 0.317. The summed E-state index contributed by atoms with van der Waals surface area (Å²) in [5.74, 6) is 1.33. The summed E-state index contributed by atoms with van der Waals surface area (Å²) in [6.07, 6.45) is 13.8. The quantitative estimate of drug-likeness (QED) is 0.409. The second-order valence-corrected chi connectivity index (χ2v) is 9.26. The summed E-state index contributed by atoms with van der Waals surface area (Å²) in [4.78, 5) is 31.0. The van der Waals surface area contributed by atoms with Gasteiger partial charge in [-0.1, -0.05) is 43.6 Å². The van der Waals surface area contributed by atoms with Crippen LogP contribution in [0, 0.1) is 6.92 Å². The van der Waals surface area contributed by atoms with E-state index in [1.807, 2.05) is 32.1 Å². The van der Waals surface area contributed by atoms with E-state index in [4.69, 9.17) is 14.1 Å². The van der Waals surface area contributed by atoms with E-state index in [0.29, 0.717) is 43.2 Å². The minimum Gasteiger partial charge on any atom is -0.493 e. The highest BCUT2D eigenvalue weighted by molar-refractivity contribution is 5.92. The molecule has 35 heavy (non-hydrogen) atoms. The topological polar surface area (TPSA) is 92.9 Å². The van der Waals surface area contributed by atoms with Crippen molar-refractivity contribution in [2.45, 2.75) is 70.8 Å². The first-order chi connectivity index (χ1) is 17.0. The van der Waals surface area contributed by atoms with E-state index in [1.165, 1.54) is 30.2 Å². The van der Waals surface area contributed by atoms with Crippen molar-refractivity contribution < 1.29 is 23.8 Å². The summed E-state index contributed by atoms with van der Waals surface area (Å²) in [7, 11) is 0. The average Bonchev–Trinajstić information content (AvgIpc) is 3.24. The Labute approximate surface area is 206 Å². The van der Waals surface area contributed by atoms with E-state index < -0.39 is 12.0 Å². The van der Waals surface area contributed by atoms with Crippen LogP contribution < -0.4 is 4.74 Å². The van der Waals surface area contributed by atoms with Gasteiger partial charge in [-0.15, -0.1) is 0 Å². The molecular weight excluding hydrogens is 444 g/mol. The number of fused-ring (bicyclic) bond motifs is 1. The molecular formula is C28H34N2O5. The highest BCUT2D eigenvalue weighted by Gasteiger charge is 2.35. The van der Waals surface area contributed by atoms with Gasteiger partial charge in [-0.25, -0.2) is 9.78 Å². The molecule has 1 aliphatic carbocycles. The molecule has 4 rings (SSSR count). The molecule has 0 saturated heterocycles. The molecule has 186 valence electrons. The number of nitrogens with zero attached hydrogens (tertiary/aromatic N) is 2. The second kappa shape index (κ2) is 11.4. The zero-order chi connectivity index (χ0) is 24.8. The number of aliphatic carboxylic acids is 1. The molecule has 1 atom stereocenters. The predicted molar refractivity (Wildman–Crippen MR) is 132 cm³/mol. The Balaban J connectivity index is 1.43. The second-order valence-electron chi connectivity index (χ2n) is 9.26. The van der Waals surface area contributed by atoms with Crippen LogP contribution in [0.15, 0.2) is 46.9 Å². The van der Waals surface area contributed by atoms with Crippen molar-refractivity contribution in [3.8, 4) is 5.75 Å². The Bertz CT molecular complexity index is 1110. The van der Waals surface area contributed by atoms with Gasteiger partial charge in [0.15, 0.2) is 11.9 Å². The molecule has 0 spiro atoms. The number of carbonyl (C=O) groups excluding carboxylic acids is 1. The molecule has 2 aliphatic rings. The Kier molecular flexibility index (Phi) is 8.06. The number of carbonyl (C=O) groups is 2. The zero-order valence-corrected chi connectivity index (χ0v) is 20.5. The van der Waals surface area contributed by atoms with Gasteiger partial charge in [0, 0.05) is 25.0 Å². The van der Waals surface area contributed by atoms with Gasteiger partial charge in [-0.05, 0) is 56.4 Å². The fourth-order valence-electron chi connectivity index (χ4n) is 5.00. The summed E-state index contributed by atoms with van der Waals surface area (Å²) >= 11 is 0. The molecule has 0 bridgehead atoms. The standard InChI is InChI=1S/C28H34N2O5/c1-3-4-6-11-25(31)30-16-14-20-12-13-22(18-23(20)26(30)28(32)33)34-17-15-24-19(2)35-27(29-24)21-9-7-5-8-10-21/h3-4,6,11-13,18,21,26H,5,7-10,14-17H2,1-2H3,(H,32,33). The lowest BCUT2D eigenvalue weighted by atomic mass is 9.89. The molecule has 0 radical (unpaired) electrons. The van der Waals surface area contributed by atoms with Crippen LogP contribution in [0.25, 0.3) is 0 Å². The van der Waals surface area contributed by atoms with E-state index in [1.54, 1.807) is 18.2 Å². The third-order valence-corrected chi connectivity index (χ3v) is 6.88. The van der Waals surface area contributed by atoms with Crippen molar-refractivity contribution in [2.75, 3.05) is 13.2 Å². The first kappa shape index (κ1) is 24.8. The van der Waals surface area contributed by atoms with Crippen LogP contribution in [-0.4, -0.2) is 40.0 Å². The number of allylic oxidation sites excluding steroid dienone is 3. The molecule has 1 aliphatic heterocycles. The Hall–Kier alpha value is -3.35. The number of aromatic nitrogens is 1. The van der Waals surface area contributed by atoms with Gasteiger partial charge in [0.25, 0.3) is 0 Å². The fraction of sp³-hybridized carbons (Fsp3) is 0.464. The summed E-state index contributed by atoms with van der Waals surface area (Å²) in [6.45, 7) is 4.56. The number of benzene rings is 1. The molecule has 7 nitrogen and oxygen atoms in total. The van der Waals surface area contributed by atoms with Crippen LogP contribution in [0.4, 0.5) is 0 Å². The molecule has 1 fully saturated rings. The molecule has 1 amide bonds. The van der Waals surface area contributed by atoms with Gasteiger partial charge in [-0.2, -0.15) is 0 Å². The molecule has 7 heteroatoms. The monoisotopic (exact) mass is 478 g/mol. The summed E-state index contributed by atoms with van der Waals surface area (Å²) in [6, 6.07) is 4.48. The Morgan fingerprint density at radius 3 is 2.77 bits per heavy atom. The zero-order valence-electron chi connectivity index (χ0n) is 20.5. The lowest BCUT2D eigenvalue weighted by molar-refractivity contribution is -0.149. The Morgan fingerprint density at radius 2 is 2.03 bits per heavy atom. The number of amides is 1. The third-order valence-electron chi connectivity index (χ3n) is 6.88. The van der Waals surface area contributed by atoms with E-state index in [2.05, 4.69) is 0 Å². The number of rotatable bonds is 8. The molecule has 2 heterocycles. The van der Waals surface area contributed by atoms with Crippen molar-refractivity contribution in [2.24, 2.45) is 0 Å². The van der Waals surface area contributed by atoms with Crippen LogP contribution in [0.1, 0.15) is 79.5 Å². The predicted octanol–water partition coefficient (Wildman–Crippen LogP) is 5.29. The summed E-state index contributed by atoms with van der Waals surface area (Å²) < 4.78 is 11.9. The van der Waals surface area contributed by atoms with Gasteiger partial charge < -0.3 is 19.2 Å². The van der Waals surface area contributed by atoms with Crippen molar-refractivity contribution in [3.63, 3.8) is 0 Å². The largest absolute Gasteiger partial charge is 0.493 e. The van der Waals surface area contributed by atoms with Crippen LogP contribution in [0.5, 0.6) is 5.75 Å². The number of ether oxygens (including phenoxy) is 1. The maximum absolute atomic E-state index is 12.7. The SMILES string of the molecule is CC=CC=CC(=O)N1CCc2ccc(OCCc3nc(C4CCCCC4)oc3C)cc2C1C(=O)O. The molecule has 1 N–H and O–H groups in total. The van der Waals surface area contributed by atoms with E-state index >= 15 is 0 Å². The fourth-order valence-corrected chi connectivity index (χ4v) is 5.00. The van der Waals surface area contributed by atoms with E-state index in [0.717, 1.165) is 35.7 Å². The lowest BCUT2D eigenvalue weighted by Gasteiger charge is -2.34. The highest BCUT2D eigenvalue weighted by Crippen LogP contribution is 2.34. The first-order valence-corrected chi connectivity index (χ1v) is 12.5.